The summed E-state index contributed by atoms with van der Waals surface area (Å²) in [6, 6.07) is 12.7. The number of hydrogen-bond donors (Lipinski definition) is 1. The fourth-order valence-electron chi connectivity index (χ4n) is 6.33. The number of carbonyl (C=O) groups excluding carboxylic acids is 3. The van der Waals surface area contributed by atoms with Crippen molar-refractivity contribution in [3.05, 3.63) is 67.8 Å². The summed E-state index contributed by atoms with van der Waals surface area (Å²) in [5, 5.41) is 11.8. The number of aliphatic hydroxyl groups is 1. The summed E-state index contributed by atoms with van der Waals surface area (Å²) in [4.78, 5) is 44.1. The SMILES string of the molecule is C=CCCOC(=O)[C@@H]1[C@H]2C(=O)N(CCO)C(C(=O)N(CC=C)c3ccc4ccccc4c3)C23CC[C@H]1O3. The molecule has 3 saturated heterocycles. The molecule has 3 fully saturated rings. The third kappa shape index (κ3) is 4.04. The molecule has 2 bridgehead atoms. The molecule has 5 rings (SSSR count). The van der Waals surface area contributed by atoms with Crippen molar-refractivity contribution in [2.75, 3.05) is 31.2 Å². The highest BCUT2D eigenvalue weighted by Crippen LogP contribution is 2.58. The summed E-state index contributed by atoms with van der Waals surface area (Å²) in [5.41, 5.74) is -0.473. The Kier molecular flexibility index (Phi) is 6.88. The molecule has 8 nitrogen and oxygen atoms in total. The van der Waals surface area contributed by atoms with Gasteiger partial charge in [-0.15, -0.1) is 13.2 Å². The number of ether oxygens (including phenoxy) is 2. The van der Waals surface area contributed by atoms with Gasteiger partial charge in [-0.1, -0.05) is 42.5 Å². The number of fused-ring (bicyclic) bond motifs is 2. The van der Waals surface area contributed by atoms with E-state index in [2.05, 4.69) is 13.2 Å². The van der Waals surface area contributed by atoms with Gasteiger partial charge in [-0.2, -0.15) is 0 Å². The number of carbonyl (C=O) groups is 3. The summed E-state index contributed by atoms with van der Waals surface area (Å²) in [6.07, 6.45) is 4.36. The van der Waals surface area contributed by atoms with Crippen LogP contribution in [-0.4, -0.2) is 71.8 Å². The summed E-state index contributed by atoms with van der Waals surface area (Å²) in [6.45, 7) is 7.54. The lowest BCUT2D eigenvalue weighted by atomic mass is 9.70. The van der Waals surface area contributed by atoms with Crippen molar-refractivity contribution in [3.8, 4) is 0 Å². The van der Waals surface area contributed by atoms with Gasteiger partial charge in [-0.25, -0.2) is 0 Å². The number of β-amino-alcohol motifs (C(OH)–C–C–N with tert-alkyl or cyclic N) is 1. The molecule has 0 aliphatic carbocycles. The van der Waals surface area contributed by atoms with E-state index in [1.165, 1.54) is 4.90 Å². The molecule has 3 aliphatic rings. The Morgan fingerprint density at radius 1 is 1.19 bits per heavy atom. The van der Waals surface area contributed by atoms with Crippen LogP contribution in [0.25, 0.3) is 10.8 Å². The van der Waals surface area contributed by atoms with Crippen molar-refractivity contribution in [2.24, 2.45) is 11.8 Å². The van der Waals surface area contributed by atoms with Gasteiger partial charge >= 0.3 is 5.97 Å². The summed E-state index contributed by atoms with van der Waals surface area (Å²) in [7, 11) is 0. The highest BCUT2D eigenvalue weighted by molar-refractivity contribution is 6.05. The van der Waals surface area contributed by atoms with Gasteiger partial charge in [0.05, 0.1) is 31.2 Å². The van der Waals surface area contributed by atoms with Crippen LogP contribution in [0.2, 0.25) is 0 Å². The number of likely N-dealkylation sites (tertiary alicyclic amines) is 1. The van der Waals surface area contributed by atoms with Gasteiger partial charge in [-0.05, 0) is 42.2 Å². The lowest BCUT2D eigenvalue weighted by molar-refractivity contribution is -0.155. The smallest absolute Gasteiger partial charge is 0.312 e. The second-order valence-corrected chi connectivity index (χ2v) is 9.82. The Hall–Kier alpha value is -3.49. The number of aliphatic hydroxyl groups excluding tert-OH is 1. The molecule has 2 amide bonds. The number of amides is 2. The van der Waals surface area contributed by atoms with Gasteiger partial charge in [0.2, 0.25) is 5.91 Å². The average molecular weight is 505 g/mol. The van der Waals surface area contributed by atoms with E-state index in [4.69, 9.17) is 9.47 Å². The van der Waals surface area contributed by atoms with E-state index < -0.39 is 35.6 Å². The molecular weight excluding hydrogens is 472 g/mol. The first-order valence-electron chi connectivity index (χ1n) is 12.7. The van der Waals surface area contributed by atoms with Crippen molar-refractivity contribution in [3.63, 3.8) is 0 Å². The van der Waals surface area contributed by atoms with Crippen LogP contribution in [0.5, 0.6) is 0 Å². The molecule has 0 radical (unpaired) electrons. The molecule has 194 valence electrons. The lowest BCUT2D eigenvalue weighted by Gasteiger charge is -2.36. The van der Waals surface area contributed by atoms with Crippen LogP contribution in [0.4, 0.5) is 5.69 Å². The number of anilines is 1. The summed E-state index contributed by atoms with van der Waals surface area (Å²) in [5.74, 6) is -2.76. The number of rotatable bonds is 10. The van der Waals surface area contributed by atoms with Crippen molar-refractivity contribution in [1.29, 1.82) is 0 Å². The number of nitrogens with zero attached hydrogens (tertiary/aromatic N) is 2. The van der Waals surface area contributed by atoms with Crippen molar-refractivity contribution in [2.45, 2.75) is 37.0 Å². The maximum absolute atomic E-state index is 14.3. The molecule has 1 spiro atoms. The van der Waals surface area contributed by atoms with Crippen LogP contribution in [0.15, 0.2) is 67.8 Å². The predicted octanol–water partition coefficient (Wildman–Crippen LogP) is 2.85. The lowest BCUT2D eigenvalue weighted by Crippen LogP contribution is -2.56. The highest BCUT2D eigenvalue weighted by atomic mass is 16.6. The maximum atomic E-state index is 14.3. The molecular formula is C29H32N2O6. The fraction of sp³-hybridized carbons (Fsp3) is 0.414. The van der Waals surface area contributed by atoms with Crippen molar-refractivity contribution in [1.82, 2.24) is 4.90 Å². The van der Waals surface area contributed by atoms with E-state index in [0.717, 1.165) is 10.8 Å². The Balaban J connectivity index is 1.52. The highest BCUT2D eigenvalue weighted by Gasteiger charge is 2.75. The van der Waals surface area contributed by atoms with Gasteiger partial charge in [0.15, 0.2) is 0 Å². The van der Waals surface area contributed by atoms with E-state index in [-0.39, 0.29) is 38.1 Å². The zero-order chi connectivity index (χ0) is 26.2. The first-order valence-corrected chi connectivity index (χ1v) is 12.7. The molecule has 2 aromatic carbocycles. The van der Waals surface area contributed by atoms with Crippen LogP contribution in [0.1, 0.15) is 19.3 Å². The number of hydrogen-bond acceptors (Lipinski definition) is 6. The first kappa shape index (κ1) is 25.2. The number of esters is 1. The van der Waals surface area contributed by atoms with Gasteiger partial charge in [0.25, 0.3) is 5.91 Å². The normalized spacial score (nSPS) is 27.8. The molecule has 0 saturated carbocycles. The third-order valence-corrected chi connectivity index (χ3v) is 7.84. The minimum absolute atomic E-state index is 0.0284. The van der Waals surface area contributed by atoms with E-state index in [1.54, 1.807) is 17.1 Å². The molecule has 37 heavy (non-hydrogen) atoms. The van der Waals surface area contributed by atoms with Crippen LogP contribution in [-0.2, 0) is 23.9 Å². The van der Waals surface area contributed by atoms with Crippen LogP contribution in [0.3, 0.4) is 0 Å². The zero-order valence-corrected chi connectivity index (χ0v) is 20.8. The molecule has 3 heterocycles. The molecule has 2 aromatic rings. The quantitative estimate of drug-likeness (QED) is 0.304. The predicted molar refractivity (Wildman–Crippen MR) is 139 cm³/mol. The topological polar surface area (TPSA) is 96.4 Å². The zero-order valence-electron chi connectivity index (χ0n) is 20.8. The third-order valence-electron chi connectivity index (χ3n) is 7.84. The molecule has 0 aromatic heterocycles. The summed E-state index contributed by atoms with van der Waals surface area (Å²) >= 11 is 0. The van der Waals surface area contributed by atoms with E-state index in [1.807, 2.05) is 42.5 Å². The monoisotopic (exact) mass is 504 g/mol. The van der Waals surface area contributed by atoms with Gasteiger partial charge < -0.3 is 24.4 Å². The Morgan fingerprint density at radius 3 is 2.70 bits per heavy atom. The van der Waals surface area contributed by atoms with E-state index >= 15 is 0 Å². The second-order valence-electron chi connectivity index (χ2n) is 9.82. The van der Waals surface area contributed by atoms with Crippen LogP contribution < -0.4 is 4.90 Å². The van der Waals surface area contributed by atoms with E-state index in [0.29, 0.717) is 24.9 Å². The van der Waals surface area contributed by atoms with E-state index in [9.17, 15) is 19.5 Å². The molecule has 2 unspecified atom stereocenters. The minimum atomic E-state index is -1.15. The first-order chi connectivity index (χ1) is 18.0. The van der Waals surface area contributed by atoms with Crippen LogP contribution in [0, 0.1) is 11.8 Å². The van der Waals surface area contributed by atoms with Gasteiger partial charge in [0.1, 0.15) is 11.6 Å². The van der Waals surface area contributed by atoms with Crippen molar-refractivity contribution >= 4 is 34.2 Å². The molecule has 8 heteroatoms. The van der Waals surface area contributed by atoms with Crippen LogP contribution >= 0.6 is 0 Å². The maximum Gasteiger partial charge on any atom is 0.312 e. The summed E-state index contributed by atoms with van der Waals surface area (Å²) < 4.78 is 11.8. The Bertz CT molecular complexity index is 1240. The van der Waals surface area contributed by atoms with Gasteiger partial charge in [-0.3, -0.25) is 14.4 Å². The van der Waals surface area contributed by atoms with Crippen molar-refractivity contribution < 1.29 is 29.0 Å². The van der Waals surface area contributed by atoms with Gasteiger partial charge in [0, 0.05) is 18.8 Å². The Labute approximate surface area is 216 Å². The second kappa shape index (κ2) is 10.1. The molecule has 3 aliphatic heterocycles. The standard InChI is InChI=1S/C29H32N2O6/c1-3-5-17-36-28(35)23-22-12-13-29(37-22)24(23)26(33)31(15-16-32)25(29)27(34)30(14-4-2)21-11-10-19-8-6-7-9-20(19)18-21/h3-4,6-11,18,22-25,32H,1-2,5,12-17H2/t22-,23+,24+,25?,29?/m1/s1. The molecule has 1 N–H and O–H groups in total. The number of benzene rings is 2. The fourth-order valence-corrected chi connectivity index (χ4v) is 6.33. The molecule has 5 atom stereocenters. The Morgan fingerprint density at radius 2 is 1.97 bits per heavy atom. The minimum Gasteiger partial charge on any atom is -0.465 e. The largest absolute Gasteiger partial charge is 0.465 e. The average Bonchev–Trinajstić information content (AvgIpc) is 3.54.